The van der Waals surface area contributed by atoms with Crippen molar-refractivity contribution < 1.29 is 14.7 Å². The van der Waals surface area contributed by atoms with Gasteiger partial charge in [0, 0.05) is 10.0 Å². The summed E-state index contributed by atoms with van der Waals surface area (Å²) in [6, 6.07) is 9.05. The molecular formula is C17H11Cl3N2O3. The first-order valence-electron chi connectivity index (χ1n) is 7.10. The van der Waals surface area contributed by atoms with Crippen LogP contribution in [0.2, 0.25) is 10.0 Å². The van der Waals surface area contributed by atoms with Gasteiger partial charge >= 0.3 is 0 Å². The zero-order valence-electron chi connectivity index (χ0n) is 12.8. The minimum Gasteiger partial charge on any atom is -0.506 e. The van der Waals surface area contributed by atoms with Gasteiger partial charge in [-0.1, -0.05) is 34.8 Å². The molecule has 0 saturated carbocycles. The molecule has 0 atom stereocenters. The van der Waals surface area contributed by atoms with E-state index in [0.29, 0.717) is 21.3 Å². The molecule has 1 aliphatic rings. The van der Waals surface area contributed by atoms with Crippen molar-refractivity contribution in [3.63, 3.8) is 0 Å². The lowest BCUT2D eigenvalue weighted by atomic mass is 10.2. The second kappa shape index (κ2) is 6.59. The maximum absolute atomic E-state index is 12.7. The quantitative estimate of drug-likeness (QED) is 0.593. The molecule has 0 fully saturated rings. The van der Waals surface area contributed by atoms with Crippen molar-refractivity contribution in [3.05, 3.63) is 62.7 Å². The Hall–Kier alpha value is -2.21. The van der Waals surface area contributed by atoms with Crippen LogP contribution in [0.1, 0.15) is 5.56 Å². The van der Waals surface area contributed by atoms with E-state index >= 15 is 0 Å². The number of benzene rings is 2. The predicted molar refractivity (Wildman–Crippen MR) is 98.3 cm³/mol. The number of imide groups is 1. The highest BCUT2D eigenvalue weighted by Gasteiger charge is 2.39. The zero-order valence-corrected chi connectivity index (χ0v) is 15.1. The first-order chi connectivity index (χ1) is 11.8. The molecule has 128 valence electrons. The smallest absolute Gasteiger partial charge is 0.283 e. The number of aryl methyl sites for hydroxylation is 1. The van der Waals surface area contributed by atoms with E-state index in [1.165, 1.54) is 18.2 Å². The van der Waals surface area contributed by atoms with E-state index in [0.717, 1.165) is 4.90 Å². The summed E-state index contributed by atoms with van der Waals surface area (Å²) in [5, 5.41) is 13.1. The third kappa shape index (κ3) is 3.18. The summed E-state index contributed by atoms with van der Waals surface area (Å²) in [6.45, 7) is 1.73. The number of carbonyl (C=O) groups excluding carboxylic acids is 2. The van der Waals surface area contributed by atoms with Crippen LogP contribution in [0.15, 0.2) is 47.1 Å². The maximum Gasteiger partial charge on any atom is 0.283 e. The number of carbonyl (C=O) groups is 2. The minimum atomic E-state index is -0.666. The second-order valence-corrected chi connectivity index (χ2v) is 6.60. The molecular weight excluding hydrogens is 387 g/mol. The Bertz CT molecular complexity index is 941. The molecule has 2 amide bonds. The molecule has 3 rings (SSSR count). The Morgan fingerprint density at radius 3 is 2.28 bits per heavy atom. The number of phenolic OH excluding ortho intramolecular Hbond substituents is 1. The van der Waals surface area contributed by atoms with E-state index in [-0.39, 0.29) is 22.2 Å². The molecule has 0 unspecified atom stereocenters. The number of anilines is 2. The number of nitrogens with zero attached hydrogens (tertiary/aromatic N) is 1. The average Bonchev–Trinajstić information content (AvgIpc) is 2.75. The highest BCUT2D eigenvalue weighted by Crippen LogP contribution is 2.35. The van der Waals surface area contributed by atoms with Crippen molar-refractivity contribution >= 4 is 58.0 Å². The fraction of sp³-hybridized carbons (Fsp3) is 0.0588. The molecule has 0 spiro atoms. The Morgan fingerprint density at radius 2 is 1.60 bits per heavy atom. The standard InChI is InChI=1S/C17H11Cl3N2O3/c1-8-6-9(18)2-4-12(8)22-16(24)14(20)15(17(22)25)21-11-7-10(19)3-5-13(11)23/h2-7,21,23H,1H3. The molecule has 1 heterocycles. The topological polar surface area (TPSA) is 69.6 Å². The van der Waals surface area contributed by atoms with E-state index in [2.05, 4.69) is 5.32 Å². The van der Waals surface area contributed by atoms with Crippen LogP contribution in [-0.4, -0.2) is 16.9 Å². The van der Waals surface area contributed by atoms with Crippen molar-refractivity contribution in [1.82, 2.24) is 0 Å². The van der Waals surface area contributed by atoms with Crippen molar-refractivity contribution in [3.8, 4) is 5.75 Å². The Balaban J connectivity index is 1.98. The number of nitrogens with one attached hydrogen (secondary N) is 1. The molecule has 2 N–H and O–H groups in total. The number of hydrogen-bond acceptors (Lipinski definition) is 4. The molecule has 0 bridgehead atoms. The van der Waals surface area contributed by atoms with Crippen molar-refractivity contribution in [2.45, 2.75) is 6.92 Å². The summed E-state index contributed by atoms with van der Waals surface area (Å²) in [5.74, 6) is -1.44. The van der Waals surface area contributed by atoms with Crippen LogP contribution >= 0.6 is 34.8 Å². The van der Waals surface area contributed by atoms with Gasteiger partial charge in [0.1, 0.15) is 16.5 Å². The second-order valence-electron chi connectivity index (χ2n) is 5.35. The van der Waals surface area contributed by atoms with Gasteiger partial charge in [-0.05, 0) is 48.9 Å². The molecule has 0 saturated heterocycles. The van der Waals surface area contributed by atoms with Crippen molar-refractivity contribution in [2.24, 2.45) is 0 Å². The summed E-state index contributed by atoms with van der Waals surface area (Å²) in [4.78, 5) is 26.1. The van der Waals surface area contributed by atoms with Crippen LogP contribution in [-0.2, 0) is 9.59 Å². The third-order valence-corrected chi connectivity index (χ3v) is 4.47. The highest BCUT2D eigenvalue weighted by molar-refractivity contribution is 6.53. The molecule has 25 heavy (non-hydrogen) atoms. The van der Waals surface area contributed by atoms with Crippen LogP contribution in [0.25, 0.3) is 0 Å². The number of rotatable bonds is 3. The summed E-state index contributed by atoms with van der Waals surface area (Å²) < 4.78 is 0. The summed E-state index contributed by atoms with van der Waals surface area (Å²) in [7, 11) is 0. The molecule has 0 aliphatic carbocycles. The van der Waals surface area contributed by atoms with Gasteiger partial charge < -0.3 is 10.4 Å². The Morgan fingerprint density at radius 1 is 0.960 bits per heavy atom. The zero-order chi connectivity index (χ0) is 18.3. The molecule has 2 aromatic carbocycles. The largest absolute Gasteiger partial charge is 0.506 e. The van der Waals surface area contributed by atoms with E-state index in [1.807, 2.05) is 0 Å². The van der Waals surface area contributed by atoms with Crippen LogP contribution in [0.3, 0.4) is 0 Å². The van der Waals surface area contributed by atoms with Gasteiger partial charge in [-0.3, -0.25) is 9.59 Å². The molecule has 8 heteroatoms. The molecule has 5 nitrogen and oxygen atoms in total. The van der Waals surface area contributed by atoms with Gasteiger partial charge in [-0.15, -0.1) is 0 Å². The summed E-state index contributed by atoms with van der Waals surface area (Å²) >= 11 is 17.9. The first kappa shape index (κ1) is 17.6. The van der Waals surface area contributed by atoms with Gasteiger partial charge in [-0.25, -0.2) is 4.90 Å². The molecule has 1 aliphatic heterocycles. The van der Waals surface area contributed by atoms with Gasteiger partial charge in [0.2, 0.25) is 0 Å². The number of halogens is 3. The third-order valence-electron chi connectivity index (χ3n) is 3.65. The van der Waals surface area contributed by atoms with Crippen molar-refractivity contribution in [1.29, 1.82) is 0 Å². The summed E-state index contributed by atoms with van der Waals surface area (Å²) in [5.41, 5.74) is 1.05. The van der Waals surface area contributed by atoms with Crippen molar-refractivity contribution in [2.75, 3.05) is 10.2 Å². The van der Waals surface area contributed by atoms with Crippen LogP contribution in [0, 0.1) is 6.92 Å². The lowest BCUT2D eigenvalue weighted by molar-refractivity contribution is -0.120. The van der Waals surface area contributed by atoms with E-state index in [9.17, 15) is 14.7 Å². The maximum atomic E-state index is 12.7. The lowest BCUT2D eigenvalue weighted by Crippen LogP contribution is -2.32. The van der Waals surface area contributed by atoms with Gasteiger partial charge in [0.15, 0.2) is 0 Å². The van der Waals surface area contributed by atoms with Crippen LogP contribution in [0.4, 0.5) is 11.4 Å². The lowest BCUT2D eigenvalue weighted by Gasteiger charge is -2.17. The molecule has 0 aromatic heterocycles. The van der Waals surface area contributed by atoms with Gasteiger partial charge in [-0.2, -0.15) is 0 Å². The normalized spacial score (nSPS) is 14.5. The monoisotopic (exact) mass is 396 g/mol. The highest BCUT2D eigenvalue weighted by atomic mass is 35.5. The van der Waals surface area contributed by atoms with Gasteiger partial charge in [0.05, 0.1) is 11.4 Å². The van der Waals surface area contributed by atoms with E-state index < -0.39 is 11.8 Å². The van der Waals surface area contributed by atoms with Crippen LogP contribution < -0.4 is 10.2 Å². The number of hydrogen-bond donors (Lipinski definition) is 2. The van der Waals surface area contributed by atoms with E-state index in [1.54, 1.807) is 25.1 Å². The Labute approximate surface area is 158 Å². The number of aromatic hydroxyl groups is 1. The number of phenols is 1. The van der Waals surface area contributed by atoms with Gasteiger partial charge in [0.25, 0.3) is 11.8 Å². The van der Waals surface area contributed by atoms with E-state index in [4.69, 9.17) is 34.8 Å². The first-order valence-corrected chi connectivity index (χ1v) is 8.23. The van der Waals surface area contributed by atoms with Crippen LogP contribution in [0.5, 0.6) is 5.75 Å². The fourth-order valence-electron chi connectivity index (χ4n) is 2.44. The molecule has 2 aromatic rings. The predicted octanol–water partition coefficient (Wildman–Crippen LogP) is 4.44. The number of amides is 2. The SMILES string of the molecule is Cc1cc(Cl)ccc1N1C(=O)C(Cl)=C(Nc2cc(Cl)ccc2O)C1=O. The molecule has 0 radical (unpaired) electrons. The average molecular weight is 398 g/mol. The minimum absolute atomic E-state index is 0.136. The summed E-state index contributed by atoms with van der Waals surface area (Å²) in [6.07, 6.45) is 0. The fourth-order valence-corrected chi connectivity index (χ4v) is 3.05. The Kier molecular flexibility index (Phi) is 4.64.